The molecule has 0 bridgehead atoms. The Hall–Kier alpha value is -1.96. The number of fused-ring (bicyclic) bond motifs is 1. The first kappa shape index (κ1) is 15.0. The molecule has 0 radical (unpaired) electrons. The quantitative estimate of drug-likeness (QED) is 0.640. The first-order valence-corrected chi connectivity index (χ1v) is 8.42. The van der Waals surface area contributed by atoms with Gasteiger partial charge in [-0.25, -0.2) is 9.98 Å². The van der Waals surface area contributed by atoms with E-state index in [4.69, 9.17) is 0 Å². The maximum absolute atomic E-state index is 4.60. The fourth-order valence-electron chi connectivity index (χ4n) is 2.46. The van der Waals surface area contributed by atoms with Crippen LogP contribution in [-0.2, 0) is 26.1 Å². The molecule has 0 aliphatic carbocycles. The van der Waals surface area contributed by atoms with E-state index in [2.05, 4.69) is 49.2 Å². The molecule has 0 saturated heterocycles. The summed E-state index contributed by atoms with van der Waals surface area (Å²) in [4.78, 5) is 10.2. The zero-order valence-electron chi connectivity index (χ0n) is 13.0. The van der Waals surface area contributed by atoms with Gasteiger partial charge in [0.2, 0.25) is 0 Å². The van der Waals surface area contributed by atoms with Crippen LogP contribution >= 0.6 is 11.3 Å². The fourth-order valence-corrected chi connectivity index (χ4v) is 3.19. The summed E-state index contributed by atoms with van der Waals surface area (Å²) in [6, 6.07) is 0. The van der Waals surface area contributed by atoms with Crippen molar-refractivity contribution in [1.82, 2.24) is 30.4 Å². The Kier molecular flexibility index (Phi) is 4.67. The molecule has 2 aromatic rings. The predicted molar refractivity (Wildman–Crippen MR) is 86.8 cm³/mol. The van der Waals surface area contributed by atoms with Gasteiger partial charge in [0.25, 0.3) is 0 Å². The summed E-state index contributed by atoms with van der Waals surface area (Å²) in [5.41, 5.74) is 0. The summed E-state index contributed by atoms with van der Waals surface area (Å²) < 4.78 is 2.18. The van der Waals surface area contributed by atoms with Gasteiger partial charge in [-0.3, -0.25) is 0 Å². The smallest absolute Gasteiger partial charge is 0.192 e. The molecule has 3 rings (SSSR count). The zero-order chi connectivity index (χ0) is 15.4. The Labute approximate surface area is 133 Å². The number of nitrogens with one attached hydrogen (secondary N) is 2. The molecule has 0 fully saturated rings. The molecule has 0 atom stereocenters. The molecular formula is C14H21N7S. The molecule has 0 amide bonds. The number of nitrogens with zero attached hydrogens (tertiary/aromatic N) is 5. The SMILES string of the molecule is CCNC(=NCc1nnc2n1CCC2)NCc1ncc(C)s1. The second kappa shape index (κ2) is 6.87. The van der Waals surface area contributed by atoms with Gasteiger partial charge in [0, 0.05) is 30.6 Å². The lowest BCUT2D eigenvalue weighted by Crippen LogP contribution is -2.36. The van der Waals surface area contributed by atoms with E-state index in [1.54, 1.807) is 11.3 Å². The van der Waals surface area contributed by atoms with Gasteiger partial charge in [-0.05, 0) is 20.3 Å². The fraction of sp³-hybridized carbons (Fsp3) is 0.571. The van der Waals surface area contributed by atoms with Crippen LogP contribution in [0, 0.1) is 6.92 Å². The summed E-state index contributed by atoms with van der Waals surface area (Å²) in [5, 5.41) is 16.1. The third-order valence-electron chi connectivity index (χ3n) is 3.49. The number of aliphatic imine (C=N–C) groups is 1. The molecule has 3 heterocycles. The van der Waals surface area contributed by atoms with E-state index in [9.17, 15) is 0 Å². The first-order valence-electron chi connectivity index (χ1n) is 7.60. The summed E-state index contributed by atoms with van der Waals surface area (Å²) in [6.07, 6.45) is 4.08. The summed E-state index contributed by atoms with van der Waals surface area (Å²) in [7, 11) is 0. The Morgan fingerprint density at radius 2 is 2.32 bits per heavy atom. The molecular weight excluding hydrogens is 298 g/mol. The zero-order valence-corrected chi connectivity index (χ0v) is 13.8. The first-order chi connectivity index (χ1) is 10.8. The molecule has 2 N–H and O–H groups in total. The maximum Gasteiger partial charge on any atom is 0.192 e. The van der Waals surface area contributed by atoms with Gasteiger partial charge >= 0.3 is 0 Å². The van der Waals surface area contributed by atoms with Gasteiger partial charge in [-0.1, -0.05) is 0 Å². The van der Waals surface area contributed by atoms with E-state index in [1.165, 1.54) is 4.88 Å². The molecule has 8 heteroatoms. The molecule has 22 heavy (non-hydrogen) atoms. The maximum atomic E-state index is 4.60. The van der Waals surface area contributed by atoms with Gasteiger partial charge in [-0.2, -0.15) is 0 Å². The van der Waals surface area contributed by atoms with E-state index in [0.717, 1.165) is 48.5 Å². The van der Waals surface area contributed by atoms with Crippen LogP contribution < -0.4 is 10.6 Å². The molecule has 0 aromatic carbocycles. The summed E-state index contributed by atoms with van der Waals surface area (Å²) >= 11 is 1.70. The average molecular weight is 319 g/mol. The molecule has 118 valence electrons. The van der Waals surface area contributed by atoms with Gasteiger partial charge < -0.3 is 15.2 Å². The highest BCUT2D eigenvalue weighted by Crippen LogP contribution is 2.14. The largest absolute Gasteiger partial charge is 0.357 e. The Morgan fingerprint density at radius 3 is 3.09 bits per heavy atom. The van der Waals surface area contributed by atoms with Gasteiger partial charge in [-0.15, -0.1) is 21.5 Å². The van der Waals surface area contributed by atoms with Crippen LogP contribution in [0.5, 0.6) is 0 Å². The predicted octanol–water partition coefficient (Wildman–Crippen LogP) is 1.24. The molecule has 2 aromatic heterocycles. The Morgan fingerprint density at radius 1 is 1.41 bits per heavy atom. The number of guanidine groups is 1. The molecule has 7 nitrogen and oxygen atoms in total. The van der Waals surface area contributed by atoms with Gasteiger partial charge in [0.15, 0.2) is 11.8 Å². The highest BCUT2D eigenvalue weighted by molar-refractivity contribution is 7.11. The third-order valence-corrected chi connectivity index (χ3v) is 4.40. The van der Waals surface area contributed by atoms with Crippen molar-refractivity contribution in [2.75, 3.05) is 6.54 Å². The van der Waals surface area contributed by atoms with Crippen LogP contribution in [0.2, 0.25) is 0 Å². The van der Waals surface area contributed by atoms with Crippen molar-refractivity contribution in [3.05, 3.63) is 27.7 Å². The minimum absolute atomic E-state index is 0.541. The molecule has 1 aliphatic heterocycles. The van der Waals surface area contributed by atoms with E-state index in [0.29, 0.717) is 13.1 Å². The lowest BCUT2D eigenvalue weighted by atomic mass is 10.4. The lowest BCUT2D eigenvalue weighted by molar-refractivity contribution is 0.684. The van der Waals surface area contributed by atoms with Crippen LogP contribution in [0.1, 0.15) is 34.9 Å². The standard InChI is InChI=1S/C14H21N7S/c1-3-15-14(18-9-13-16-7-10(2)22-13)17-8-12-20-19-11-5-4-6-21(11)12/h7H,3-6,8-9H2,1-2H3,(H2,15,17,18). The van der Waals surface area contributed by atoms with Crippen molar-refractivity contribution in [3.63, 3.8) is 0 Å². The van der Waals surface area contributed by atoms with Gasteiger partial charge in [0.1, 0.15) is 17.4 Å². The second-order valence-corrected chi connectivity index (χ2v) is 6.52. The number of thiazole rings is 1. The van der Waals surface area contributed by atoms with Crippen molar-refractivity contribution < 1.29 is 0 Å². The van der Waals surface area contributed by atoms with Crippen molar-refractivity contribution in [3.8, 4) is 0 Å². The van der Waals surface area contributed by atoms with Crippen molar-refractivity contribution in [2.45, 2.75) is 46.3 Å². The topological polar surface area (TPSA) is 80.0 Å². The highest BCUT2D eigenvalue weighted by atomic mass is 32.1. The normalized spacial score (nSPS) is 14.2. The van der Waals surface area contributed by atoms with Crippen molar-refractivity contribution in [2.24, 2.45) is 4.99 Å². The molecule has 0 saturated carbocycles. The number of hydrogen-bond donors (Lipinski definition) is 2. The summed E-state index contributed by atoms with van der Waals surface area (Å²) in [6.45, 7) is 7.17. The van der Waals surface area contributed by atoms with Crippen molar-refractivity contribution in [1.29, 1.82) is 0 Å². The monoisotopic (exact) mass is 319 g/mol. The van der Waals surface area contributed by atoms with Gasteiger partial charge in [0.05, 0.1) is 6.54 Å². The number of aryl methyl sites for hydroxylation is 2. The second-order valence-electron chi connectivity index (χ2n) is 5.20. The van der Waals surface area contributed by atoms with E-state index in [-0.39, 0.29) is 0 Å². The van der Waals surface area contributed by atoms with Crippen molar-refractivity contribution >= 4 is 17.3 Å². The number of hydrogen-bond acceptors (Lipinski definition) is 5. The highest BCUT2D eigenvalue weighted by Gasteiger charge is 2.16. The number of rotatable bonds is 5. The van der Waals surface area contributed by atoms with E-state index < -0.39 is 0 Å². The summed E-state index contributed by atoms with van der Waals surface area (Å²) in [5.74, 6) is 2.81. The number of aromatic nitrogens is 4. The van der Waals surface area contributed by atoms with Crippen LogP contribution in [0.15, 0.2) is 11.2 Å². The van der Waals surface area contributed by atoms with E-state index in [1.807, 2.05) is 6.20 Å². The van der Waals surface area contributed by atoms with Crippen LogP contribution in [0.25, 0.3) is 0 Å². The third kappa shape index (κ3) is 3.44. The van der Waals surface area contributed by atoms with Crippen LogP contribution in [0.4, 0.5) is 0 Å². The Bertz CT molecular complexity index is 658. The molecule has 1 aliphatic rings. The lowest BCUT2D eigenvalue weighted by Gasteiger charge is -2.10. The van der Waals surface area contributed by atoms with Crippen LogP contribution in [0.3, 0.4) is 0 Å². The minimum Gasteiger partial charge on any atom is -0.357 e. The van der Waals surface area contributed by atoms with E-state index >= 15 is 0 Å². The molecule has 0 spiro atoms. The van der Waals surface area contributed by atoms with Crippen LogP contribution in [-0.4, -0.2) is 32.3 Å². The molecule has 0 unspecified atom stereocenters. The minimum atomic E-state index is 0.541. The average Bonchev–Trinajstić information content (AvgIpc) is 3.19. The Balaban J connectivity index is 1.62.